The average molecular weight is 350 g/mol. The summed E-state index contributed by atoms with van der Waals surface area (Å²) in [7, 11) is -0.0706. The van der Waals surface area contributed by atoms with E-state index >= 15 is 0 Å². The summed E-state index contributed by atoms with van der Waals surface area (Å²) in [5.74, 6) is 0.521. The zero-order valence-corrected chi connectivity index (χ0v) is 14.1. The van der Waals surface area contributed by atoms with E-state index in [1.54, 1.807) is 29.3 Å². The molecule has 0 spiro atoms. The van der Waals surface area contributed by atoms with Crippen molar-refractivity contribution in [1.29, 1.82) is 0 Å². The van der Waals surface area contributed by atoms with E-state index in [-0.39, 0.29) is 11.4 Å². The number of benzene rings is 1. The summed E-state index contributed by atoms with van der Waals surface area (Å²) in [5, 5.41) is 0. The Balaban J connectivity index is 1.85. The van der Waals surface area contributed by atoms with Crippen molar-refractivity contribution in [3.63, 3.8) is 0 Å². The molecule has 0 saturated carbocycles. The number of rotatable bonds is 5. The van der Waals surface area contributed by atoms with Gasteiger partial charge in [-0.25, -0.2) is 23.1 Å². The lowest BCUT2D eigenvalue weighted by molar-refractivity contribution is 0.581. The van der Waals surface area contributed by atoms with Crippen molar-refractivity contribution in [2.24, 2.45) is 0 Å². The van der Waals surface area contributed by atoms with Crippen molar-refractivity contribution >= 4 is 38.7 Å². The van der Waals surface area contributed by atoms with Gasteiger partial charge in [-0.2, -0.15) is 8.75 Å². The molecule has 120 valence electrons. The Kier molecular flexibility index (Phi) is 4.20. The SMILES string of the molecule is CN(C)c1nccc(CNS(=O)(=O)c2cccc3nsnc23)n1. The molecule has 0 atom stereocenters. The van der Waals surface area contributed by atoms with Crippen molar-refractivity contribution in [2.75, 3.05) is 19.0 Å². The van der Waals surface area contributed by atoms with E-state index in [1.807, 2.05) is 14.1 Å². The number of hydrogen-bond acceptors (Lipinski definition) is 8. The fourth-order valence-electron chi connectivity index (χ4n) is 1.94. The van der Waals surface area contributed by atoms with Crippen LogP contribution in [0.5, 0.6) is 0 Å². The molecule has 8 nitrogen and oxygen atoms in total. The Hall–Kier alpha value is -2.17. The van der Waals surface area contributed by atoms with Crippen LogP contribution in [0.15, 0.2) is 35.4 Å². The Morgan fingerprint density at radius 2 is 2.04 bits per heavy atom. The van der Waals surface area contributed by atoms with Gasteiger partial charge in [0.05, 0.1) is 24.0 Å². The lowest BCUT2D eigenvalue weighted by atomic mass is 10.3. The predicted octanol–water partition coefficient (Wildman–Crippen LogP) is 1.03. The third kappa shape index (κ3) is 3.28. The van der Waals surface area contributed by atoms with E-state index in [1.165, 1.54) is 6.07 Å². The Bertz CT molecular complexity index is 938. The molecule has 0 bridgehead atoms. The molecule has 10 heteroatoms. The van der Waals surface area contributed by atoms with Crippen molar-refractivity contribution in [2.45, 2.75) is 11.4 Å². The summed E-state index contributed by atoms with van der Waals surface area (Å²) in [4.78, 5) is 10.2. The van der Waals surface area contributed by atoms with Crippen LogP contribution in [0, 0.1) is 0 Å². The highest BCUT2D eigenvalue weighted by Gasteiger charge is 2.19. The number of aromatic nitrogens is 4. The zero-order valence-electron chi connectivity index (χ0n) is 12.5. The van der Waals surface area contributed by atoms with Crippen LogP contribution in [0.3, 0.4) is 0 Å². The van der Waals surface area contributed by atoms with Gasteiger partial charge in [-0.15, -0.1) is 0 Å². The zero-order chi connectivity index (χ0) is 16.4. The van der Waals surface area contributed by atoms with Crippen LogP contribution < -0.4 is 9.62 Å². The summed E-state index contributed by atoms with van der Waals surface area (Å²) in [6.45, 7) is 0.0691. The number of nitrogens with zero attached hydrogens (tertiary/aromatic N) is 5. The van der Waals surface area contributed by atoms with Crippen LogP contribution >= 0.6 is 11.7 Å². The van der Waals surface area contributed by atoms with E-state index in [0.29, 0.717) is 22.7 Å². The van der Waals surface area contributed by atoms with Gasteiger partial charge in [0.15, 0.2) is 0 Å². The molecule has 0 aliphatic rings. The number of nitrogens with one attached hydrogen (secondary N) is 1. The van der Waals surface area contributed by atoms with Gasteiger partial charge in [0.2, 0.25) is 16.0 Å². The lowest BCUT2D eigenvalue weighted by Crippen LogP contribution is -2.24. The van der Waals surface area contributed by atoms with Gasteiger partial charge in [0.25, 0.3) is 0 Å². The maximum atomic E-state index is 12.5. The second-order valence-corrected chi connectivity index (χ2v) is 7.22. The summed E-state index contributed by atoms with van der Waals surface area (Å²) in [6, 6.07) is 6.55. The van der Waals surface area contributed by atoms with Gasteiger partial charge in [0, 0.05) is 20.3 Å². The van der Waals surface area contributed by atoms with Crippen LogP contribution in [-0.4, -0.2) is 41.2 Å². The van der Waals surface area contributed by atoms with E-state index < -0.39 is 10.0 Å². The van der Waals surface area contributed by atoms with Crippen LogP contribution in [-0.2, 0) is 16.6 Å². The van der Waals surface area contributed by atoms with Crippen molar-refractivity contribution in [1.82, 2.24) is 23.4 Å². The Labute approximate surface area is 137 Å². The van der Waals surface area contributed by atoms with Crippen LogP contribution in [0.2, 0.25) is 0 Å². The topological polar surface area (TPSA) is 101 Å². The maximum absolute atomic E-state index is 12.5. The Morgan fingerprint density at radius 1 is 1.22 bits per heavy atom. The molecule has 0 aliphatic heterocycles. The summed E-state index contributed by atoms with van der Waals surface area (Å²) in [6.07, 6.45) is 1.59. The minimum absolute atomic E-state index is 0.0691. The molecular weight excluding hydrogens is 336 g/mol. The minimum atomic E-state index is -3.71. The monoisotopic (exact) mass is 350 g/mol. The molecule has 23 heavy (non-hydrogen) atoms. The second-order valence-electron chi connectivity index (χ2n) is 4.96. The molecule has 0 saturated heterocycles. The Morgan fingerprint density at radius 3 is 2.83 bits per heavy atom. The van der Waals surface area contributed by atoms with Gasteiger partial charge >= 0.3 is 0 Å². The molecule has 2 aromatic heterocycles. The normalized spacial score (nSPS) is 11.7. The van der Waals surface area contributed by atoms with E-state index in [4.69, 9.17) is 0 Å². The van der Waals surface area contributed by atoms with Crippen LogP contribution in [0.25, 0.3) is 11.0 Å². The lowest BCUT2D eigenvalue weighted by Gasteiger charge is -2.11. The largest absolute Gasteiger partial charge is 0.347 e. The molecule has 1 aromatic carbocycles. The van der Waals surface area contributed by atoms with Crippen LogP contribution in [0.4, 0.5) is 5.95 Å². The number of hydrogen-bond donors (Lipinski definition) is 1. The first-order valence-corrected chi connectivity index (χ1v) is 8.89. The summed E-state index contributed by atoms with van der Waals surface area (Å²) < 4.78 is 35.7. The standard InChI is InChI=1S/C13H14N6O2S2/c1-19(2)13-14-7-6-9(16-13)8-15-23(20,21)11-5-3-4-10-12(11)18-22-17-10/h3-7,15H,8H2,1-2H3. The highest BCUT2D eigenvalue weighted by molar-refractivity contribution is 7.89. The van der Waals surface area contributed by atoms with Crippen molar-refractivity contribution < 1.29 is 8.42 Å². The smallest absolute Gasteiger partial charge is 0.243 e. The van der Waals surface area contributed by atoms with E-state index in [2.05, 4.69) is 23.4 Å². The third-order valence-electron chi connectivity index (χ3n) is 3.08. The fourth-order valence-corrected chi connectivity index (χ4v) is 3.71. The highest BCUT2D eigenvalue weighted by atomic mass is 32.2. The van der Waals surface area contributed by atoms with E-state index in [9.17, 15) is 8.42 Å². The van der Waals surface area contributed by atoms with Gasteiger partial charge < -0.3 is 4.90 Å². The molecule has 3 aromatic rings. The first-order chi connectivity index (χ1) is 11.0. The molecule has 0 radical (unpaired) electrons. The van der Waals surface area contributed by atoms with Gasteiger partial charge in [0.1, 0.15) is 15.9 Å². The molecule has 1 N–H and O–H groups in total. The highest BCUT2D eigenvalue weighted by Crippen LogP contribution is 2.21. The maximum Gasteiger partial charge on any atom is 0.243 e. The molecule has 0 amide bonds. The van der Waals surface area contributed by atoms with Crippen molar-refractivity contribution in [3.8, 4) is 0 Å². The first-order valence-electron chi connectivity index (χ1n) is 6.67. The summed E-state index contributed by atoms with van der Waals surface area (Å²) >= 11 is 0.984. The molecule has 2 heterocycles. The third-order valence-corrected chi connectivity index (χ3v) is 5.06. The molecule has 0 fully saturated rings. The second kappa shape index (κ2) is 6.14. The predicted molar refractivity (Wildman–Crippen MR) is 87.8 cm³/mol. The van der Waals surface area contributed by atoms with Gasteiger partial charge in [-0.1, -0.05) is 6.07 Å². The fraction of sp³-hybridized carbons (Fsp3) is 0.231. The summed E-state index contributed by atoms with van der Waals surface area (Å²) in [5.41, 5.74) is 1.52. The quantitative estimate of drug-likeness (QED) is 0.733. The number of anilines is 1. The molecular formula is C13H14N6O2S2. The number of sulfonamides is 1. The molecule has 0 aliphatic carbocycles. The minimum Gasteiger partial charge on any atom is -0.347 e. The average Bonchev–Trinajstić information content (AvgIpc) is 3.01. The van der Waals surface area contributed by atoms with E-state index in [0.717, 1.165) is 11.7 Å². The molecule has 3 rings (SSSR count). The van der Waals surface area contributed by atoms with Gasteiger partial charge in [-0.05, 0) is 18.2 Å². The van der Waals surface area contributed by atoms with Crippen molar-refractivity contribution in [3.05, 3.63) is 36.2 Å². The number of fused-ring (bicyclic) bond motifs is 1. The molecule has 0 unspecified atom stereocenters. The first kappa shape index (κ1) is 15.7. The van der Waals surface area contributed by atoms with Crippen LogP contribution in [0.1, 0.15) is 5.69 Å². The van der Waals surface area contributed by atoms with Gasteiger partial charge in [-0.3, -0.25) is 0 Å².